The van der Waals surface area contributed by atoms with Gasteiger partial charge in [-0.2, -0.15) is 12.6 Å². The number of nitrogens with zero attached hydrogens (tertiary/aromatic N) is 3. The third-order valence-electron chi connectivity index (χ3n) is 1.97. The highest BCUT2D eigenvalue weighted by atomic mass is 32.1. The van der Waals surface area contributed by atoms with Crippen LogP contribution in [0.4, 0.5) is 0 Å². The quantitative estimate of drug-likeness (QED) is 0.560. The summed E-state index contributed by atoms with van der Waals surface area (Å²) in [6, 6.07) is 0. The molecule has 0 saturated carbocycles. The molecule has 0 aromatic carbocycles. The fourth-order valence-electron chi connectivity index (χ4n) is 1.29. The van der Waals surface area contributed by atoms with Gasteiger partial charge in [0.05, 0.1) is 11.9 Å². The van der Waals surface area contributed by atoms with Crippen molar-refractivity contribution >= 4 is 12.6 Å². The molecule has 4 heteroatoms. The van der Waals surface area contributed by atoms with E-state index in [2.05, 4.69) is 29.9 Å². The predicted octanol–water partition coefficient (Wildman–Crippen LogP) is 1.94. The molecule has 0 bridgehead atoms. The van der Waals surface area contributed by atoms with Gasteiger partial charge in [-0.3, -0.25) is 0 Å². The zero-order valence-electron chi connectivity index (χ0n) is 8.11. The second-order valence-corrected chi connectivity index (χ2v) is 3.58. The van der Waals surface area contributed by atoms with E-state index in [4.69, 9.17) is 0 Å². The van der Waals surface area contributed by atoms with E-state index < -0.39 is 0 Å². The molecule has 3 nitrogen and oxygen atoms in total. The van der Waals surface area contributed by atoms with Crippen LogP contribution in [0.3, 0.4) is 0 Å². The lowest BCUT2D eigenvalue weighted by Gasteiger charge is -2.03. The van der Waals surface area contributed by atoms with E-state index in [-0.39, 0.29) is 0 Å². The molecule has 0 amide bonds. The highest BCUT2D eigenvalue weighted by molar-refractivity contribution is 7.80. The van der Waals surface area contributed by atoms with E-state index >= 15 is 0 Å². The van der Waals surface area contributed by atoms with E-state index in [1.54, 1.807) is 0 Å². The lowest BCUT2D eigenvalue weighted by Crippen LogP contribution is -2.04. The Morgan fingerprint density at radius 1 is 1.46 bits per heavy atom. The van der Waals surface area contributed by atoms with Crippen LogP contribution in [0.5, 0.6) is 0 Å². The number of hydrogen-bond acceptors (Lipinski definition) is 3. The van der Waals surface area contributed by atoms with Crippen molar-refractivity contribution in [3.8, 4) is 0 Å². The first kappa shape index (κ1) is 10.6. The van der Waals surface area contributed by atoms with Crippen LogP contribution in [0.15, 0.2) is 6.20 Å². The molecule has 0 aliphatic carbocycles. The average Bonchev–Trinajstić information content (AvgIpc) is 2.54. The van der Waals surface area contributed by atoms with Crippen molar-refractivity contribution in [3.63, 3.8) is 0 Å². The molecule has 0 aliphatic rings. The number of unbranched alkanes of at least 4 members (excludes halogenated alkanes) is 1. The summed E-state index contributed by atoms with van der Waals surface area (Å²) in [6.45, 7) is 3.13. The minimum atomic E-state index is 0.968. The second-order valence-electron chi connectivity index (χ2n) is 3.13. The van der Waals surface area contributed by atoms with Crippen LogP contribution < -0.4 is 0 Å². The first-order chi connectivity index (χ1) is 6.38. The third-order valence-corrected chi connectivity index (χ3v) is 2.29. The van der Waals surface area contributed by atoms with Crippen LogP contribution in [-0.4, -0.2) is 20.7 Å². The highest BCUT2D eigenvalue weighted by Gasteiger charge is 2.01. The van der Waals surface area contributed by atoms with Crippen LogP contribution in [0.25, 0.3) is 0 Å². The maximum absolute atomic E-state index is 4.18. The molecular formula is C9H17N3S. The molecule has 74 valence electrons. The van der Waals surface area contributed by atoms with Gasteiger partial charge in [0.15, 0.2) is 0 Å². The van der Waals surface area contributed by atoms with Gasteiger partial charge in [-0.25, -0.2) is 4.68 Å². The number of thiol groups is 1. The molecule has 0 N–H and O–H groups in total. The maximum Gasteiger partial charge on any atom is 0.0725 e. The van der Waals surface area contributed by atoms with Gasteiger partial charge in [0.1, 0.15) is 0 Å². The molecule has 1 rings (SSSR count). The summed E-state index contributed by atoms with van der Waals surface area (Å²) < 4.78 is 2.00. The summed E-state index contributed by atoms with van der Waals surface area (Å²) in [5.74, 6) is 0.968. The number of rotatable bonds is 6. The summed E-state index contributed by atoms with van der Waals surface area (Å²) in [6.07, 6.45) is 6.41. The Balaban J connectivity index is 2.40. The van der Waals surface area contributed by atoms with Crippen LogP contribution in [0.1, 0.15) is 31.9 Å². The first-order valence-corrected chi connectivity index (χ1v) is 5.50. The minimum Gasteiger partial charge on any atom is -0.249 e. The molecule has 0 spiro atoms. The largest absolute Gasteiger partial charge is 0.249 e. The third kappa shape index (κ3) is 3.38. The maximum atomic E-state index is 4.18. The molecule has 1 aromatic heterocycles. The lowest BCUT2D eigenvalue weighted by molar-refractivity contribution is 0.549. The number of hydrogen-bond donors (Lipinski definition) is 1. The standard InChI is InChI=1S/C9H17N3S/c1-2-6-12-9(8-10-11-12)5-3-4-7-13/h8,13H,2-7H2,1H3. The monoisotopic (exact) mass is 199 g/mol. The number of aromatic nitrogens is 3. The fraction of sp³-hybridized carbons (Fsp3) is 0.778. The molecule has 13 heavy (non-hydrogen) atoms. The molecule has 0 unspecified atom stereocenters. The zero-order chi connectivity index (χ0) is 9.52. The average molecular weight is 199 g/mol. The predicted molar refractivity (Wildman–Crippen MR) is 57.1 cm³/mol. The SMILES string of the molecule is CCCn1nncc1CCCCS. The Hall–Kier alpha value is -0.510. The van der Waals surface area contributed by atoms with E-state index in [9.17, 15) is 0 Å². The lowest BCUT2D eigenvalue weighted by atomic mass is 10.2. The second kappa shape index (κ2) is 6.02. The summed E-state index contributed by atoms with van der Waals surface area (Å²) in [4.78, 5) is 0. The Labute approximate surface area is 84.9 Å². The van der Waals surface area contributed by atoms with Gasteiger partial charge in [-0.05, 0) is 31.4 Å². The van der Waals surface area contributed by atoms with Crippen LogP contribution in [0, 0.1) is 0 Å². The van der Waals surface area contributed by atoms with Gasteiger partial charge in [0, 0.05) is 6.54 Å². The van der Waals surface area contributed by atoms with Crippen LogP contribution >= 0.6 is 12.6 Å². The van der Waals surface area contributed by atoms with Gasteiger partial charge in [0.25, 0.3) is 0 Å². The highest BCUT2D eigenvalue weighted by Crippen LogP contribution is 2.04. The van der Waals surface area contributed by atoms with E-state index in [1.807, 2.05) is 10.9 Å². The zero-order valence-corrected chi connectivity index (χ0v) is 9.00. The Bertz CT molecular complexity index is 235. The topological polar surface area (TPSA) is 30.7 Å². The summed E-state index contributed by atoms with van der Waals surface area (Å²) in [7, 11) is 0. The van der Waals surface area contributed by atoms with Gasteiger partial charge >= 0.3 is 0 Å². The van der Waals surface area contributed by atoms with Crippen LogP contribution in [-0.2, 0) is 13.0 Å². The molecule has 0 saturated heterocycles. The first-order valence-electron chi connectivity index (χ1n) is 4.86. The van der Waals surface area contributed by atoms with Gasteiger partial charge in [-0.15, -0.1) is 5.10 Å². The summed E-state index contributed by atoms with van der Waals surface area (Å²) in [5.41, 5.74) is 1.25. The van der Waals surface area contributed by atoms with Crippen molar-refractivity contribution in [3.05, 3.63) is 11.9 Å². The minimum absolute atomic E-state index is 0.968. The van der Waals surface area contributed by atoms with Crippen molar-refractivity contribution in [1.82, 2.24) is 15.0 Å². The number of aryl methyl sites for hydroxylation is 2. The fourth-order valence-corrected chi connectivity index (χ4v) is 1.51. The molecule has 0 fully saturated rings. The van der Waals surface area contributed by atoms with Crippen molar-refractivity contribution in [1.29, 1.82) is 0 Å². The van der Waals surface area contributed by atoms with Crippen molar-refractivity contribution in [2.24, 2.45) is 0 Å². The van der Waals surface area contributed by atoms with Crippen molar-refractivity contribution in [2.45, 2.75) is 39.2 Å². The molecule has 0 radical (unpaired) electrons. The smallest absolute Gasteiger partial charge is 0.0725 e. The molecule has 0 atom stereocenters. The molecular weight excluding hydrogens is 182 g/mol. The molecule has 1 aromatic rings. The van der Waals surface area contributed by atoms with Gasteiger partial charge < -0.3 is 0 Å². The van der Waals surface area contributed by atoms with Crippen molar-refractivity contribution in [2.75, 3.05) is 5.75 Å². The normalized spacial score (nSPS) is 10.6. The van der Waals surface area contributed by atoms with Crippen molar-refractivity contribution < 1.29 is 0 Å². The van der Waals surface area contributed by atoms with Gasteiger partial charge in [-0.1, -0.05) is 12.1 Å². The molecule has 0 aliphatic heterocycles. The molecule has 1 heterocycles. The van der Waals surface area contributed by atoms with E-state index in [0.29, 0.717) is 0 Å². The Kier molecular flexibility index (Phi) is 4.90. The summed E-state index contributed by atoms with van der Waals surface area (Å²) >= 11 is 4.18. The van der Waals surface area contributed by atoms with Gasteiger partial charge in [0.2, 0.25) is 0 Å². The Morgan fingerprint density at radius 3 is 3.00 bits per heavy atom. The van der Waals surface area contributed by atoms with E-state index in [0.717, 1.165) is 25.1 Å². The Morgan fingerprint density at radius 2 is 2.31 bits per heavy atom. The summed E-state index contributed by atoms with van der Waals surface area (Å²) in [5, 5.41) is 7.95. The van der Waals surface area contributed by atoms with E-state index in [1.165, 1.54) is 18.5 Å². The van der Waals surface area contributed by atoms with Crippen LogP contribution in [0.2, 0.25) is 0 Å².